The molecule has 9 nitrogen and oxygen atoms in total. The van der Waals surface area contributed by atoms with Crippen molar-refractivity contribution >= 4 is 34.4 Å². The number of benzene rings is 2. The third kappa shape index (κ3) is 4.03. The van der Waals surface area contributed by atoms with Gasteiger partial charge in [-0.05, 0) is 37.6 Å². The first-order valence-corrected chi connectivity index (χ1v) is 10.2. The molecule has 0 bridgehead atoms. The van der Waals surface area contributed by atoms with Crippen molar-refractivity contribution in [2.75, 3.05) is 29.9 Å². The molecule has 3 aromatic rings. The molecule has 4 rings (SSSR count). The van der Waals surface area contributed by atoms with Gasteiger partial charge in [-0.25, -0.2) is 14.8 Å². The lowest BCUT2D eigenvalue weighted by atomic mass is 10.0. The van der Waals surface area contributed by atoms with Gasteiger partial charge in [-0.15, -0.1) is 0 Å². The third-order valence-corrected chi connectivity index (χ3v) is 5.37. The van der Waals surface area contributed by atoms with Crippen molar-refractivity contribution in [3.63, 3.8) is 0 Å². The summed E-state index contributed by atoms with van der Waals surface area (Å²) < 4.78 is 0. The van der Waals surface area contributed by atoms with Crippen LogP contribution in [0.2, 0.25) is 0 Å². The van der Waals surface area contributed by atoms with Crippen molar-refractivity contribution in [1.29, 1.82) is 5.26 Å². The van der Waals surface area contributed by atoms with Crippen LogP contribution in [0.1, 0.15) is 40.1 Å². The van der Waals surface area contributed by atoms with E-state index in [2.05, 4.69) is 21.7 Å². The Kier molecular flexibility index (Phi) is 5.60. The van der Waals surface area contributed by atoms with Gasteiger partial charge in [-0.2, -0.15) is 5.26 Å². The summed E-state index contributed by atoms with van der Waals surface area (Å²) in [4.78, 5) is 34.5. The molecule has 162 valence electrons. The van der Waals surface area contributed by atoms with Crippen molar-refractivity contribution in [2.45, 2.75) is 19.9 Å². The van der Waals surface area contributed by atoms with Crippen LogP contribution in [0, 0.1) is 18.3 Å². The SMILES string of the molecule is Cc1cc([C@@H](C)Nc2ccccc2C(=O)O)c2nc(N3CCNC(=O)C3)c(C#N)nc2c1. The lowest BCUT2D eigenvalue weighted by Crippen LogP contribution is -2.48. The predicted molar refractivity (Wildman–Crippen MR) is 120 cm³/mol. The number of aryl methyl sites for hydroxylation is 1. The van der Waals surface area contributed by atoms with E-state index in [1.165, 1.54) is 0 Å². The van der Waals surface area contributed by atoms with Gasteiger partial charge in [0.1, 0.15) is 6.07 Å². The minimum Gasteiger partial charge on any atom is -0.478 e. The smallest absolute Gasteiger partial charge is 0.337 e. The highest BCUT2D eigenvalue weighted by Gasteiger charge is 2.24. The summed E-state index contributed by atoms with van der Waals surface area (Å²) in [6.45, 7) is 4.95. The van der Waals surface area contributed by atoms with Gasteiger partial charge < -0.3 is 20.6 Å². The largest absolute Gasteiger partial charge is 0.478 e. The van der Waals surface area contributed by atoms with Crippen LogP contribution in [-0.4, -0.2) is 46.6 Å². The molecule has 0 unspecified atom stereocenters. The lowest BCUT2D eigenvalue weighted by Gasteiger charge is -2.28. The number of nitriles is 1. The first-order chi connectivity index (χ1) is 15.4. The molecule has 1 fully saturated rings. The number of nitrogens with one attached hydrogen (secondary N) is 2. The highest BCUT2D eigenvalue weighted by atomic mass is 16.4. The molecule has 1 amide bonds. The Labute approximate surface area is 184 Å². The first kappa shape index (κ1) is 21.1. The second-order valence-electron chi connectivity index (χ2n) is 7.72. The zero-order valence-corrected chi connectivity index (χ0v) is 17.7. The van der Waals surface area contributed by atoms with Gasteiger partial charge in [-0.1, -0.05) is 18.2 Å². The number of hydrogen-bond acceptors (Lipinski definition) is 7. The molecule has 9 heteroatoms. The topological polar surface area (TPSA) is 131 Å². The number of hydrogen-bond donors (Lipinski definition) is 3. The maximum atomic E-state index is 11.9. The van der Waals surface area contributed by atoms with Crippen molar-refractivity contribution in [2.24, 2.45) is 0 Å². The van der Waals surface area contributed by atoms with E-state index in [0.717, 1.165) is 11.1 Å². The highest BCUT2D eigenvalue weighted by Crippen LogP contribution is 2.30. The van der Waals surface area contributed by atoms with Crippen LogP contribution in [0.4, 0.5) is 11.5 Å². The standard InChI is InChI=1S/C23H22N6O3/c1-13-9-16(14(2)26-17-6-4-3-5-15(17)23(31)32)21-18(10-13)27-19(11-24)22(28-21)29-8-7-25-20(30)12-29/h3-6,9-10,14,26H,7-8,12H2,1-2H3,(H,25,30)(H,31,32)/t14-/m1/s1. The fourth-order valence-electron chi connectivity index (χ4n) is 3.87. The number of para-hydroxylation sites is 1. The average Bonchev–Trinajstić information content (AvgIpc) is 2.77. The quantitative estimate of drug-likeness (QED) is 0.563. The van der Waals surface area contributed by atoms with Crippen molar-refractivity contribution in [1.82, 2.24) is 15.3 Å². The van der Waals surface area contributed by atoms with Crippen LogP contribution in [0.15, 0.2) is 36.4 Å². The van der Waals surface area contributed by atoms with Crippen LogP contribution in [0.5, 0.6) is 0 Å². The fraction of sp³-hybridized carbons (Fsp3) is 0.261. The van der Waals surface area contributed by atoms with Crippen LogP contribution < -0.4 is 15.5 Å². The van der Waals surface area contributed by atoms with Crippen LogP contribution in [-0.2, 0) is 4.79 Å². The summed E-state index contributed by atoms with van der Waals surface area (Å²) in [5.41, 5.74) is 3.77. The molecule has 1 aromatic heterocycles. The van der Waals surface area contributed by atoms with Crippen molar-refractivity contribution in [3.8, 4) is 6.07 Å². The van der Waals surface area contributed by atoms with Gasteiger partial charge in [0, 0.05) is 24.3 Å². The number of amides is 1. The molecule has 0 saturated carbocycles. The Bertz CT molecular complexity index is 1270. The summed E-state index contributed by atoms with van der Waals surface area (Å²) in [5.74, 6) is -0.775. The van der Waals surface area contributed by atoms with Gasteiger partial charge >= 0.3 is 5.97 Å². The number of carboxylic acids is 1. The highest BCUT2D eigenvalue weighted by molar-refractivity contribution is 5.94. The molecule has 1 aliphatic heterocycles. The Morgan fingerprint density at radius 1 is 1.31 bits per heavy atom. The molecule has 1 saturated heterocycles. The molecule has 1 aliphatic rings. The number of piperazine rings is 1. The normalized spacial score (nSPS) is 14.5. The molecule has 3 N–H and O–H groups in total. The van der Waals surface area contributed by atoms with Gasteiger partial charge in [0.15, 0.2) is 11.5 Å². The molecule has 0 radical (unpaired) electrons. The van der Waals surface area contributed by atoms with Gasteiger partial charge in [0.05, 0.1) is 29.2 Å². The summed E-state index contributed by atoms with van der Waals surface area (Å²) in [6, 6.07) is 12.3. The van der Waals surface area contributed by atoms with Crippen LogP contribution in [0.25, 0.3) is 11.0 Å². The van der Waals surface area contributed by atoms with E-state index in [-0.39, 0.29) is 29.8 Å². The predicted octanol–water partition coefficient (Wildman–Crippen LogP) is 2.62. The number of nitrogens with zero attached hydrogens (tertiary/aromatic N) is 4. The van der Waals surface area contributed by atoms with Gasteiger partial charge in [0.2, 0.25) is 5.91 Å². The summed E-state index contributed by atoms with van der Waals surface area (Å²) in [6.07, 6.45) is 0. The third-order valence-electron chi connectivity index (χ3n) is 5.37. The number of carbonyl (C=O) groups excluding carboxylic acids is 1. The zero-order valence-electron chi connectivity index (χ0n) is 17.7. The van der Waals surface area contributed by atoms with Crippen molar-refractivity contribution < 1.29 is 14.7 Å². The average molecular weight is 430 g/mol. The molecule has 0 spiro atoms. The maximum Gasteiger partial charge on any atom is 0.337 e. The molecule has 2 aromatic carbocycles. The lowest BCUT2D eigenvalue weighted by molar-refractivity contribution is -0.120. The number of aromatic nitrogens is 2. The number of anilines is 2. The van der Waals surface area contributed by atoms with Gasteiger partial charge in [-0.3, -0.25) is 4.79 Å². The van der Waals surface area contributed by atoms with E-state index in [4.69, 9.17) is 4.98 Å². The Morgan fingerprint density at radius 3 is 2.81 bits per heavy atom. The molecule has 2 heterocycles. The summed E-state index contributed by atoms with van der Waals surface area (Å²) >= 11 is 0. The molecular formula is C23H22N6O3. The van der Waals surface area contributed by atoms with E-state index in [9.17, 15) is 20.0 Å². The molecule has 32 heavy (non-hydrogen) atoms. The number of aromatic carboxylic acids is 1. The number of fused-ring (bicyclic) bond motifs is 1. The summed E-state index contributed by atoms with van der Waals surface area (Å²) in [7, 11) is 0. The minimum absolute atomic E-state index is 0.107. The maximum absolute atomic E-state index is 11.9. The monoisotopic (exact) mass is 430 g/mol. The van der Waals surface area contributed by atoms with E-state index in [0.29, 0.717) is 35.6 Å². The molecular weight excluding hydrogens is 408 g/mol. The molecule has 0 aliphatic carbocycles. The minimum atomic E-state index is -1.02. The van der Waals surface area contributed by atoms with E-state index in [1.807, 2.05) is 26.0 Å². The second-order valence-corrected chi connectivity index (χ2v) is 7.72. The second kappa shape index (κ2) is 8.51. The Balaban J connectivity index is 1.81. The number of rotatable bonds is 5. The van der Waals surface area contributed by atoms with E-state index >= 15 is 0 Å². The summed E-state index contributed by atoms with van der Waals surface area (Å²) in [5, 5.41) is 25.2. The van der Waals surface area contributed by atoms with Gasteiger partial charge in [0.25, 0.3) is 0 Å². The Hall–Kier alpha value is -4.19. The zero-order chi connectivity index (χ0) is 22.8. The first-order valence-electron chi connectivity index (χ1n) is 10.2. The van der Waals surface area contributed by atoms with E-state index < -0.39 is 5.97 Å². The molecule has 1 atom stereocenters. The fourth-order valence-corrected chi connectivity index (χ4v) is 3.87. The number of carbonyl (C=O) groups is 2. The Morgan fingerprint density at radius 2 is 2.09 bits per heavy atom. The van der Waals surface area contributed by atoms with E-state index in [1.54, 1.807) is 29.2 Å². The van der Waals surface area contributed by atoms with Crippen LogP contribution >= 0.6 is 0 Å². The number of carboxylic acid groups (broad SMARTS) is 1. The van der Waals surface area contributed by atoms with Crippen LogP contribution in [0.3, 0.4) is 0 Å². The van der Waals surface area contributed by atoms with Crippen molar-refractivity contribution in [3.05, 3.63) is 58.8 Å².